The number of ether oxygens (including phenoxy) is 3. The third-order valence-corrected chi connectivity index (χ3v) is 6.82. The van der Waals surface area contributed by atoms with E-state index in [-0.39, 0.29) is 29.8 Å². The molecule has 2 aliphatic carbocycles. The van der Waals surface area contributed by atoms with Crippen molar-refractivity contribution >= 4 is 17.4 Å². The number of carbonyl (C=O) groups excluding carboxylic acids is 2. The Morgan fingerprint density at radius 1 is 1.06 bits per heavy atom. The summed E-state index contributed by atoms with van der Waals surface area (Å²) in [6.07, 6.45) is 2.37. The lowest BCUT2D eigenvalue weighted by molar-refractivity contribution is -0.117. The third-order valence-electron chi connectivity index (χ3n) is 6.82. The predicted octanol–water partition coefficient (Wildman–Crippen LogP) is 4.13. The van der Waals surface area contributed by atoms with E-state index in [1.165, 1.54) is 10.5 Å². The van der Waals surface area contributed by atoms with Crippen molar-refractivity contribution < 1.29 is 23.8 Å². The van der Waals surface area contributed by atoms with Gasteiger partial charge in [-0.05, 0) is 49.3 Å². The summed E-state index contributed by atoms with van der Waals surface area (Å²) < 4.78 is 17.4. The lowest BCUT2D eigenvalue weighted by Crippen LogP contribution is -2.24. The first-order chi connectivity index (χ1) is 14.8. The van der Waals surface area contributed by atoms with Crippen LogP contribution in [-0.2, 0) is 31.8 Å². The van der Waals surface area contributed by atoms with Crippen LogP contribution in [0.25, 0.3) is 5.57 Å². The van der Waals surface area contributed by atoms with Gasteiger partial charge in [-0.25, -0.2) is 4.79 Å². The van der Waals surface area contributed by atoms with Crippen molar-refractivity contribution in [3.05, 3.63) is 40.1 Å². The summed E-state index contributed by atoms with van der Waals surface area (Å²) in [5.41, 5.74) is 5.05. The summed E-state index contributed by atoms with van der Waals surface area (Å²) >= 11 is 0. The molecule has 1 saturated carbocycles. The summed E-state index contributed by atoms with van der Waals surface area (Å²) in [6, 6.07) is 4.30. The Labute approximate surface area is 184 Å². The number of amides is 1. The lowest BCUT2D eigenvalue weighted by Gasteiger charge is -2.21. The summed E-state index contributed by atoms with van der Waals surface area (Å²) in [6.45, 7) is 7.48. The Morgan fingerprint density at radius 2 is 1.65 bits per heavy atom. The zero-order chi connectivity index (χ0) is 22.3. The SMILES string of the molecule is CCc1cc(C)cc(CC)c1C1=C(OC(=O)N(C)C)C2CC(C3OCCO3)CC2C1=O. The van der Waals surface area contributed by atoms with Crippen molar-refractivity contribution in [1.82, 2.24) is 4.90 Å². The van der Waals surface area contributed by atoms with Crippen LogP contribution < -0.4 is 0 Å². The van der Waals surface area contributed by atoms with E-state index in [0.29, 0.717) is 31.0 Å². The predicted molar refractivity (Wildman–Crippen MR) is 117 cm³/mol. The monoisotopic (exact) mass is 427 g/mol. The zero-order valence-electron chi connectivity index (χ0n) is 19.2. The molecule has 2 fully saturated rings. The third kappa shape index (κ3) is 3.92. The van der Waals surface area contributed by atoms with Crippen LogP contribution in [0.1, 0.15) is 48.9 Å². The quantitative estimate of drug-likeness (QED) is 0.707. The number of Topliss-reactive ketones (excluding diaryl/α,β-unsaturated/α-hetero) is 1. The normalized spacial score (nSPS) is 26.0. The van der Waals surface area contributed by atoms with Gasteiger partial charge in [-0.3, -0.25) is 4.79 Å². The number of hydrogen-bond acceptors (Lipinski definition) is 5. The molecule has 3 aliphatic rings. The van der Waals surface area contributed by atoms with E-state index >= 15 is 0 Å². The molecule has 0 spiro atoms. The van der Waals surface area contributed by atoms with Crippen molar-refractivity contribution in [3.8, 4) is 0 Å². The minimum Gasteiger partial charge on any atom is -0.414 e. The fraction of sp³-hybridized carbons (Fsp3) is 0.600. The number of carbonyl (C=O) groups is 2. The number of nitrogens with zero attached hydrogens (tertiary/aromatic N) is 1. The molecule has 0 N–H and O–H groups in total. The van der Waals surface area contributed by atoms with Crippen molar-refractivity contribution in [2.75, 3.05) is 27.3 Å². The Hall–Kier alpha value is -2.18. The maximum Gasteiger partial charge on any atom is 0.414 e. The average molecular weight is 428 g/mol. The molecule has 0 radical (unpaired) electrons. The van der Waals surface area contributed by atoms with Gasteiger partial charge in [-0.1, -0.05) is 31.5 Å². The van der Waals surface area contributed by atoms with E-state index in [0.717, 1.165) is 36.0 Å². The van der Waals surface area contributed by atoms with Gasteiger partial charge in [-0.15, -0.1) is 0 Å². The minimum atomic E-state index is -0.444. The van der Waals surface area contributed by atoms with Crippen molar-refractivity contribution in [2.24, 2.45) is 17.8 Å². The van der Waals surface area contributed by atoms with E-state index in [1.807, 2.05) is 0 Å². The molecule has 168 valence electrons. The molecule has 6 heteroatoms. The summed E-state index contributed by atoms with van der Waals surface area (Å²) in [4.78, 5) is 27.8. The molecule has 1 aliphatic heterocycles. The van der Waals surface area contributed by atoms with Crippen molar-refractivity contribution in [2.45, 2.75) is 52.7 Å². The molecule has 1 heterocycles. The van der Waals surface area contributed by atoms with Gasteiger partial charge < -0.3 is 19.1 Å². The Balaban J connectivity index is 1.81. The van der Waals surface area contributed by atoms with Crippen LogP contribution in [0.5, 0.6) is 0 Å². The summed E-state index contributed by atoms with van der Waals surface area (Å²) in [7, 11) is 3.32. The van der Waals surface area contributed by atoms with Crippen LogP contribution >= 0.6 is 0 Å². The summed E-state index contributed by atoms with van der Waals surface area (Å²) in [5, 5.41) is 0. The highest BCUT2D eigenvalue weighted by molar-refractivity contribution is 6.26. The summed E-state index contributed by atoms with van der Waals surface area (Å²) in [5.74, 6) is 0.488. The number of ketones is 1. The van der Waals surface area contributed by atoms with Gasteiger partial charge in [0.1, 0.15) is 5.76 Å². The second-order valence-corrected chi connectivity index (χ2v) is 9.09. The molecule has 3 unspecified atom stereocenters. The minimum absolute atomic E-state index is 0.0975. The Morgan fingerprint density at radius 3 is 2.19 bits per heavy atom. The van der Waals surface area contributed by atoms with E-state index < -0.39 is 6.09 Å². The highest BCUT2D eigenvalue weighted by Crippen LogP contribution is 2.53. The molecule has 4 rings (SSSR count). The maximum atomic E-state index is 13.8. The molecule has 0 aromatic heterocycles. The average Bonchev–Trinajstić information content (AvgIpc) is 3.46. The first-order valence-electron chi connectivity index (χ1n) is 11.4. The second kappa shape index (κ2) is 8.75. The van der Waals surface area contributed by atoms with Crippen LogP contribution in [0, 0.1) is 24.7 Å². The van der Waals surface area contributed by atoms with Gasteiger partial charge in [-0.2, -0.15) is 0 Å². The van der Waals surface area contributed by atoms with Gasteiger partial charge in [0, 0.05) is 31.8 Å². The van der Waals surface area contributed by atoms with Gasteiger partial charge in [0.2, 0.25) is 0 Å². The highest BCUT2D eigenvalue weighted by atomic mass is 16.7. The van der Waals surface area contributed by atoms with Gasteiger partial charge in [0.15, 0.2) is 12.1 Å². The standard InChI is InChI=1S/C25H33NO5/c1-6-15-10-14(3)11-16(7-2)20(15)21-22(27)18-12-17(24-29-8-9-30-24)13-19(18)23(21)31-25(28)26(4)5/h10-11,17-19,24H,6-9,12-13H2,1-5H3. The molecule has 1 aromatic rings. The maximum absolute atomic E-state index is 13.8. The van der Waals surface area contributed by atoms with Crippen molar-refractivity contribution in [1.29, 1.82) is 0 Å². The van der Waals surface area contributed by atoms with Gasteiger partial charge in [0.05, 0.1) is 18.8 Å². The topological polar surface area (TPSA) is 65.1 Å². The molecule has 31 heavy (non-hydrogen) atoms. The number of rotatable bonds is 5. The van der Waals surface area contributed by atoms with Crippen LogP contribution in [0.2, 0.25) is 0 Å². The van der Waals surface area contributed by atoms with Crippen molar-refractivity contribution in [3.63, 3.8) is 0 Å². The second-order valence-electron chi connectivity index (χ2n) is 9.09. The molecular weight excluding hydrogens is 394 g/mol. The van der Waals surface area contributed by atoms with Crippen LogP contribution in [0.3, 0.4) is 0 Å². The number of aryl methyl sites for hydroxylation is 3. The van der Waals surface area contributed by atoms with Gasteiger partial charge in [0.25, 0.3) is 0 Å². The number of benzene rings is 1. The largest absolute Gasteiger partial charge is 0.414 e. The van der Waals surface area contributed by atoms with Crippen LogP contribution in [0.4, 0.5) is 4.79 Å². The van der Waals surface area contributed by atoms with E-state index in [9.17, 15) is 9.59 Å². The fourth-order valence-electron chi connectivity index (χ4n) is 5.40. The van der Waals surface area contributed by atoms with E-state index in [1.54, 1.807) is 14.1 Å². The molecular formula is C25H33NO5. The fourth-order valence-corrected chi connectivity index (χ4v) is 5.40. The first kappa shape index (κ1) is 22.0. The first-order valence-corrected chi connectivity index (χ1v) is 11.4. The number of fused-ring (bicyclic) bond motifs is 1. The smallest absolute Gasteiger partial charge is 0.414 e. The molecule has 6 nitrogen and oxygen atoms in total. The lowest BCUT2D eigenvalue weighted by atomic mass is 9.87. The van der Waals surface area contributed by atoms with Crippen LogP contribution in [-0.4, -0.2) is 50.4 Å². The van der Waals surface area contributed by atoms with Crippen LogP contribution in [0.15, 0.2) is 17.9 Å². The van der Waals surface area contributed by atoms with E-state index in [4.69, 9.17) is 14.2 Å². The Kier molecular flexibility index (Phi) is 6.22. The van der Waals surface area contributed by atoms with E-state index in [2.05, 4.69) is 32.9 Å². The number of hydrogen-bond donors (Lipinski definition) is 0. The molecule has 0 bridgehead atoms. The molecule has 3 atom stereocenters. The van der Waals surface area contributed by atoms with Gasteiger partial charge >= 0.3 is 6.09 Å². The molecule has 1 aromatic carbocycles. The molecule has 1 amide bonds. The molecule has 1 saturated heterocycles. The zero-order valence-corrected chi connectivity index (χ0v) is 19.2. The number of allylic oxidation sites excluding steroid dienone is 2. The highest BCUT2D eigenvalue weighted by Gasteiger charge is 2.53. The Bertz CT molecular complexity index is 887.